The van der Waals surface area contributed by atoms with Crippen molar-refractivity contribution in [2.45, 2.75) is 67.6 Å². The highest BCUT2D eigenvalue weighted by molar-refractivity contribution is 5.84. The van der Waals surface area contributed by atoms with Gasteiger partial charge in [0, 0.05) is 129 Å². The van der Waals surface area contributed by atoms with E-state index in [1.165, 1.54) is 28.4 Å². The Labute approximate surface area is 637 Å². The van der Waals surface area contributed by atoms with E-state index in [-0.39, 0.29) is 23.7 Å². The van der Waals surface area contributed by atoms with Crippen LogP contribution in [0.5, 0.6) is 0 Å². The van der Waals surface area contributed by atoms with E-state index < -0.39 is 13.7 Å². The fraction of sp³-hybridized carbons (Fsp3) is 0.262. The van der Waals surface area contributed by atoms with Gasteiger partial charge in [0.1, 0.15) is 49.8 Å². The number of rotatable bonds is 8. The Morgan fingerprint density at radius 1 is 0.417 bits per heavy atom. The van der Waals surface area contributed by atoms with Crippen LogP contribution in [0.25, 0.3) is 91.3 Å². The first-order chi connectivity index (χ1) is 54.4. The summed E-state index contributed by atoms with van der Waals surface area (Å²) in [6, 6.07) is 54.7. The van der Waals surface area contributed by atoms with Gasteiger partial charge in [0.25, 0.3) is 11.6 Å². The minimum atomic E-state index is -2.24. The normalized spacial score (nSPS) is 15.1. The summed E-state index contributed by atoms with van der Waals surface area (Å²) in [5.74, 6) is 7.37. The van der Waals surface area contributed by atoms with Crippen LogP contribution in [0.3, 0.4) is 0 Å². The van der Waals surface area contributed by atoms with Crippen molar-refractivity contribution in [3.05, 3.63) is 241 Å². The number of anilines is 6. The molecule has 19 rings (SSSR count). The molecule has 0 bridgehead atoms. The summed E-state index contributed by atoms with van der Waals surface area (Å²) in [7, 11) is 24.6. The summed E-state index contributed by atoms with van der Waals surface area (Å²) in [5, 5.41) is 0. The number of fused-ring (bicyclic) bond motifs is 8. The molecule has 0 saturated carbocycles. The Balaban J connectivity index is 0.000000116. The summed E-state index contributed by atoms with van der Waals surface area (Å²) in [6.07, 6.45) is 16.6. The third-order valence-electron chi connectivity index (χ3n) is 22.3. The van der Waals surface area contributed by atoms with Crippen molar-refractivity contribution in [2.75, 3.05) is 33.7 Å². The summed E-state index contributed by atoms with van der Waals surface area (Å²) in [5.41, 5.74) is 19.4. The predicted molar refractivity (Wildman–Crippen MR) is 423 cm³/mol. The number of pyridine rings is 4. The molecular formula is C84H96N24+6. The zero-order chi connectivity index (χ0) is 80.7. The Kier molecular flexibility index (Phi) is 15.4. The van der Waals surface area contributed by atoms with Crippen molar-refractivity contribution >= 4 is 68.5 Å². The van der Waals surface area contributed by atoms with Crippen LogP contribution < -0.4 is 47.2 Å². The zero-order valence-corrected chi connectivity index (χ0v) is 64.5. The first-order valence-corrected chi connectivity index (χ1v) is 36.2. The van der Waals surface area contributed by atoms with Crippen LogP contribution in [0.4, 0.5) is 34.4 Å². The van der Waals surface area contributed by atoms with Crippen LogP contribution in [0.1, 0.15) is 56.2 Å². The smallest absolute Gasteiger partial charge is 0.327 e. The van der Waals surface area contributed by atoms with Crippen molar-refractivity contribution in [1.29, 1.82) is 0 Å². The number of benzene rings is 3. The van der Waals surface area contributed by atoms with Crippen LogP contribution in [-0.4, -0.2) is 91.6 Å². The fourth-order valence-electron chi connectivity index (χ4n) is 16.2. The molecule has 0 amide bonds. The number of imidazole rings is 8. The summed E-state index contributed by atoms with van der Waals surface area (Å²) in [4.78, 5) is 27.5. The van der Waals surface area contributed by atoms with Crippen LogP contribution in [0.15, 0.2) is 207 Å². The largest absolute Gasteiger partial charge is 0.333 e. The molecule has 24 heteroatoms. The van der Waals surface area contributed by atoms with Crippen LogP contribution in [-0.2, 0) is 70.5 Å². The minimum Gasteiger partial charge on any atom is -0.333 e. The lowest BCUT2D eigenvalue weighted by Gasteiger charge is -2.22. The van der Waals surface area contributed by atoms with Crippen LogP contribution in [0.2, 0.25) is 0 Å². The maximum Gasteiger partial charge on any atom is 0.327 e. The SMILES string of the molecule is C[C@H]1N(C)c2ccccc2N1c1cccc(-c2cn3c4ccccc4nc3n2C)[n+]1C.Cn1c(-[n+]2ccc(-c3cccc[n+]3C)n2C)cn2ccnc12.[2H]C([2H])([2H])c1nc2n(C)c(-[n+]3ccc(-c4cccc[n+]4C)n3C)c(C)n2c1C.[2H]C([2H])([2H])c1nc2n(C)c(-c3cccc(N4c5ccccc5N(C)[C@@H]4C)[n+]3C)c(C)n2c1C. The van der Waals surface area contributed by atoms with E-state index in [4.69, 9.17) is 13.2 Å². The quantitative estimate of drug-likeness (QED) is 0.137. The highest BCUT2D eigenvalue weighted by Gasteiger charge is 2.42. The Morgan fingerprint density at radius 2 is 0.917 bits per heavy atom. The Bertz CT molecular complexity index is 6610. The van der Waals surface area contributed by atoms with Crippen molar-refractivity contribution < 1.29 is 35.9 Å². The lowest BCUT2D eigenvalue weighted by molar-refractivity contribution is -0.689. The van der Waals surface area contributed by atoms with E-state index in [2.05, 4.69) is 307 Å². The molecule has 24 nitrogen and oxygen atoms in total. The summed E-state index contributed by atoms with van der Waals surface area (Å²) < 4.78 is 80.0. The van der Waals surface area contributed by atoms with E-state index in [0.717, 1.165) is 97.1 Å². The Morgan fingerprint density at radius 3 is 1.47 bits per heavy atom. The molecule has 2 atom stereocenters. The van der Waals surface area contributed by atoms with E-state index in [0.29, 0.717) is 22.9 Å². The number of hydrogen-bond acceptors (Lipinski definition) is 8. The van der Waals surface area contributed by atoms with Gasteiger partial charge in [-0.05, 0) is 128 Å². The molecule has 0 aliphatic carbocycles. The number of aryl methyl sites for hydroxylation is 12. The highest BCUT2D eigenvalue weighted by atomic mass is 15.5. The van der Waals surface area contributed by atoms with Gasteiger partial charge in [-0.1, -0.05) is 36.4 Å². The van der Waals surface area contributed by atoms with Gasteiger partial charge in [0.15, 0.2) is 58.9 Å². The third-order valence-corrected chi connectivity index (χ3v) is 22.3. The van der Waals surface area contributed by atoms with E-state index in [9.17, 15) is 0 Å². The van der Waals surface area contributed by atoms with E-state index in [1.807, 2.05) is 134 Å². The molecule has 2 aliphatic heterocycles. The highest BCUT2D eigenvalue weighted by Crippen LogP contribution is 2.44. The summed E-state index contributed by atoms with van der Waals surface area (Å²) >= 11 is 0. The zero-order valence-electron chi connectivity index (χ0n) is 70.5. The molecule has 0 radical (unpaired) electrons. The second-order valence-corrected chi connectivity index (χ2v) is 28.2. The molecule has 0 fully saturated rings. The first kappa shape index (κ1) is 62.5. The van der Waals surface area contributed by atoms with Gasteiger partial charge in [-0.2, -0.15) is 28.2 Å². The molecule has 3 aromatic carbocycles. The van der Waals surface area contributed by atoms with E-state index in [1.54, 1.807) is 0 Å². The fourth-order valence-corrected chi connectivity index (χ4v) is 16.2. The molecule has 0 spiro atoms. The molecule has 16 heterocycles. The molecule has 108 heavy (non-hydrogen) atoms. The molecule has 2 aliphatic rings. The van der Waals surface area contributed by atoms with E-state index >= 15 is 0 Å². The molecule has 17 aromatic rings. The molecular weight excluding hydrogens is 1350 g/mol. The van der Waals surface area contributed by atoms with Crippen molar-refractivity contribution in [2.24, 2.45) is 70.5 Å². The topological polar surface area (TPSA) is 135 Å². The second kappa shape index (κ2) is 26.6. The molecule has 0 N–H and O–H groups in total. The van der Waals surface area contributed by atoms with Crippen molar-refractivity contribution in [3.8, 4) is 57.2 Å². The van der Waals surface area contributed by atoms with Crippen LogP contribution in [0, 0.1) is 41.4 Å². The van der Waals surface area contributed by atoms with Gasteiger partial charge >= 0.3 is 23.2 Å². The van der Waals surface area contributed by atoms with Gasteiger partial charge in [-0.25, -0.2) is 38.3 Å². The lowest BCUT2D eigenvalue weighted by atomic mass is 10.2. The number of hydrogen-bond donors (Lipinski definition) is 0. The molecule has 14 aromatic heterocycles. The lowest BCUT2D eigenvalue weighted by Crippen LogP contribution is -2.44. The second-order valence-electron chi connectivity index (χ2n) is 28.2. The van der Waals surface area contributed by atoms with Gasteiger partial charge in [0.2, 0.25) is 22.9 Å². The first-order valence-electron chi connectivity index (χ1n) is 39.2. The predicted octanol–water partition coefficient (Wildman–Crippen LogP) is 10.8. The maximum absolute atomic E-state index is 7.83. The monoisotopic (exact) mass is 1450 g/mol. The standard InChI is InChI=1S/C25H25N6.C24H29N6.C19H24N6.C16H18N6/c1-17-27(2)20-12-7-8-13-22(20)31(17)24-15-9-14-21(28(24)3)23-16-30-19-11-6-5-10-18(19)26-25(30)29(23)4;1-15-16(2)29-17(3)23(28(7)24(29)25-15)21-13-10-14-22(27(21)6)30-18(4)26(5)19-11-8-9-12-20(19)30;1-13-14(2)25-15(3)18(22(5)19(25)20-13)24-12-10-17(23(24)6)16-9-7-8-11-21(16)4;1-18-9-5-4-6-13(18)14-7-10-22(20(14)3)15-12-21-11-8-17-16(21)19(15)2/h5-17H,1-4H3;8-14,18H,1-7H3;7-12H,1-6H3;4-12H,1-3H3/q2*+1;2*+2/t17-;18-;;/m00../s1/i;2*1D3;. The van der Waals surface area contributed by atoms with Gasteiger partial charge in [-0.3, -0.25) is 17.6 Å². The molecule has 0 saturated heterocycles. The summed E-state index contributed by atoms with van der Waals surface area (Å²) in [6.45, 7) is 7.63. The number of aromatic nitrogens is 20. The van der Waals surface area contributed by atoms with Gasteiger partial charge in [-0.15, -0.1) is 9.36 Å². The van der Waals surface area contributed by atoms with Crippen molar-refractivity contribution in [3.63, 3.8) is 0 Å². The molecule has 546 valence electrons. The van der Waals surface area contributed by atoms with Gasteiger partial charge in [0.05, 0.1) is 67.7 Å². The van der Waals surface area contributed by atoms with Gasteiger partial charge < -0.3 is 18.9 Å². The number of nitrogens with zero attached hydrogens (tertiary/aromatic N) is 24. The molecule has 0 unspecified atom stereocenters. The Hall–Kier alpha value is -12.9. The minimum absolute atomic E-state index is 0.154. The van der Waals surface area contributed by atoms with Crippen molar-refractivity contribution in [1.82, 2.24) is 65.2 Å². The average Bonchev–Trinajstić information content (AvgIpc) is 1.58. The third kappa shape index (κ3) is 10.8. The maximum atomic E-state index is 7.83. The average molecular weight is 1450 g/mol. The number of para-hydroxylation sites is 6. The van der Waals surface area contributed by atoms with Crippen LogP contribution >= 0.6 is 0 Å².